The Balaban J connectivity index is 3.06. The second-order valence-electron chi connectivity index (χ2n) is 4.74. The van der Waals surface area contributed by atoms with Crippen LogP contribution in [0.3, 0.4) is 0 Å². The Morgan fingerprint density at radius 3 is 2.35 bits per heavy atom. The van der Waals surface area contributed by atoms with E-state index >= 15 is 0 Å². The quantitative estimate of drug-likeness (QED) is 0.288. The highest BCUT2D eigenvalue weighted by Gasteiger charge is 2.19. The Kier molecular flexibility index (Phi) is 8.80. The van der Waals surface area contributed by atoms with E-state index in [9.17, 15) is 19.7 Å². The van der Waals surface area contributed by atoms with E-state index in [1.165, 1.54) is 6.07 Å². The highest BCUT2D eigenvalue weighted by Crippen LogP contribution is 2.34. The molecule has 1 aromatic carbocycles. The van der Waals surface area contributed by atoms with Crippen molar-refractivity contribution in [2.75, 3.05) is 18.6 Å². The van der Waals surface area contributed by atoms with Crippen molar-refractivity contribution < 1.29 is 24.0 Å². The molecule has 0 aromatic heterocycles. The first-order valence-corrected chi connectivity index (χ1v) is 8.34. The average molecular weight is 406 g/mol. The van der Waals surface area contributed by atoms with Gasteiger partial charge >= 0.3 is 11.9 Å². The predicted octanol–water partition coefficient (Wildman–Crippen LogP) is 3.58. The van der Waals surface area contributed by atoms with Gasteiger partial charge in [0.25, 0.3) is 5.69 Å². The van der Waals surface area contributed by atoms with Gasteiger partial charge in [0, 0.05) is 12.5 Å². The van der Waals surface area contributed by atoms with Gasteiger partial charge in [0.15, 0.2) is 0 Å². The minimum absolute atomic E-state index is 0.000763. The van der Waals surface area contributed by atoms with Crippen LogP contribution < -0.4 is 5.43 Å². The molecule has 0 spiro atoms. The zero-order valence-corrected chi connectivity index (χ0v) is 15.6. The summed E-state index contributed by atoms with van der Waals surface area (Å²) >= 11 is 11.6. The highest BCUT2D eigenvalue weighted by atomic mass is 35.5. The third-order valence-electron chi connectivity index (χ3n) is 2.93. The summed E-state index contributed by atoms with van der Waals surface area (Å²) in [6, 6.07) is 2.27. The Bertz CT molecular complexity index is 724. The number of ether oxygens (including phenoxy) is 2. The number of nitro benzene ring substituents is 1. The maximum absolute atomic E-state index is 11.9. The molecule has 0 heterocycles. The number of carbonyl (C=O) groups excluding carboxylic acids is 2. The molecule has 0 saturated heterocycles. The van der Waals surface area contributed by atoms with E-state index in [-0.39, 0.29) is 53.2 Å². The van der Waals surface area contributed by atoms with E-state index in [1.54, 1.807) is 13.8 Å². The van der Waals surface area contributed by atoms with Gasteiger partial charge in [-0.25, -0.2) is 4.79 Å². The van der Waals surface area contributed by atoms with Crippen molar-refractivity contribution in [3.05, 3.63) is 32.3 Å². The first-order chi connectivity index (χ1) is 12.3. The van der Waals surface area contributed by atoms with Gasteiger partial charge in [-0.05, 0) is 19.9 Å². The Hall–Kier alpha value is -2.39. The lowest BCUT2D eigenvalue weighted by Crippen LogP contribution is -2.20. The number of esters is 2. The van der Waals surface area contributed by atoms with Crippen LogP contribution in [0.1, 0.15) is 26.7 Å². The third-order valence-corrected chi connectivity index (χ3v) is 3.65. The molecule has 0 amide bonds. The van der Waals surface area contributed by atoms with Crippen LogP contribution in [-0.2, 0) is 19.1 Å². The molecule has 0 aliphatic carbocycles. The zero-order chi connectivity index (χ0) is 19.7. The fourth-order valence-corrected chi connectivity index (χ4v) is 2.10. The minimum Gasteiger partial charge on any atom is -0.466 e. The van der Waals surface area contributed by atoms with Gasteiger partial charge in [-0.1, -0.05) is 23.2 Å². The molecule has 142 valence electrons. The van der Waals surface area contributed by atoms with Crippen LogP contribution in [0.5, 0.6) is 0 Å². The third kappa shape index (κ3) is 6.49. The molecule has 0 fully saturated rings. The molecule has 26 heavy (non-hydrogen) atoms. The number of hydrogen-bond acceptors (Lipinski definition) is 8. The number of hydrogen-bond donors (Lipinski definition) is 1. The second-order valence-corrected chi connectivity index (χ2v) is 5.55. The number of halogens is 2. The Morgan fingerprint density at radius 2 is 1.77 bits per heavy atom. The lowest BCUT2D eigenvalue weighted by Gasteiger charge is -2.08. The van der Waals surface area contributed by atoms with Crippen LogP contribution >= 0.6 is 23.2 Å². The van der Waals surface area contributed by atoms with E-state index in [1.807, 2.05) is 0 Å². The van der Waals surface area contributed by atoms with Crippen molar-refractivity contribution in [3.63, 3.8) is 0 Å². The van der Waals surface area contributed by atoms with Crippen molar-refractivity contribution in [2.45, 2.75) is 26.7 Å². The van der Waals surface area contributed by atoms with Gasteiger partial charge < -0.3 is 9.47 Å². The second kappa shape index (κ2) is 10.6. The van der Waals surface area contributed by atoms with E-state index in [0.717, 1.165) is 6.07 Å². The molecule has 0 radical (unpaired) electrons. The largest absolute Gasteiger partial charge is 0.466 e. The fourth-order valence-electron chi connectivity index (χ4n) is 1.78. The van der Waals surface area contributed by atoms with Crippen LogP contribution in [-0.4, -0.2) is 35.8 Å². The number of hydrazone groups is 1. The predicted molar refractivity (Wildman–Crippen MR) is 96.7 cm³/mol. The van der Waals surface area contributed by atoms with E-state index < -0.39 is 16.9 Å². The molecule has 0 saturated carbocycles. The number of rotatable bonds is 9. The van der Waals surface area contributed by atoms with Crippen molar-refractivity contribution in [3.8, 4) is 0 Å². The maximum Gasteiger partial charge on any atom is 0.354 e. The fraction of sp³-hybridized carbons (Fsp3) is 0.400. The molecule has 1 rings (SSSR count). The van der Waals surface area contributed by atoms with Crippen LogP contribution in [0.4, 0.5) is 11.4 Å². The summed E-state index contributed by atoms with van der Waals surface area (Å²) in [5, 5.41) is 15.0. The van der Waals surface area contributed by atoms with Gasteiger partial charge in [0.2, 0.25) is 0 Å². The summed E-state index contributed by atoms with van der Waals surface area (Å²) < 4.78 is 9.65. The summed E-state index contributed by atoms with van der Waals surface area (Å²) in [4.78, 5) is 33.8. The van der Waals surface area contributed by atoms with Gasteiger partial charge in [0.1, 0.15) is 11.4 Å². The molecule has 1 aromatic rings. The first kappa shape index (κ1) is 21.7. The van der Waals surface area contributed by atoms with E-state index in [2.05, 4.69) is 10.5 Å². The van der Waals surface area contributed by atoms with Gasteiger partial charge in [-0.3, -0.25) is 20.3 Å². The van der Waals surface area contributed by atoms with E-state index in [4.69, 9.17) is 32.7 Å². The number of nitrogens with one attached hydrogen (secondary N) is 1. The summed E-state index contributed by atoms with van der Waals surface area (Å²) in [6.07, 6.45) is -0.170. The van der Waals surface area contributed by atoms with Gasteiger partial charge in [-0.2, -0.15) is 5.10 Å². The topological polar surface area (TPSA) is 120 Å². The molecule has 0 unspecified atom stereocenters. The molecular weight excluding hydrogens is 389 g/mol. The number of benzene rings is 1. The summed E-state index contributed by atoms with van der Waals surface area (Å²) in [7, 11) is 0. The molecule has 9 nitrogen and oxygen atoms in total. The molecule has 1 N–H and O–H groups in total. The van der Waals surface area contributed by atoms with Gasteiger partial charge in [-0.15, -0.1) is 0 Å². The lowest BCUT2D eigenvalue weighted by atomic mass is 10.2. The van der Waals surface area contributed by atoms with E-state index in [0.29, 0.717) is 0 Å². The summed E-state index contributed by atoms with van der Waals surface area (Å²) in [5.41, 5.74) is 1.84. The first-order valence-electron chi connectivity index (χ1n) is 7.58. The van der Waals surface area contributed by atoms with Crippen LogP contribution in [0.25, 0.3) is 0 Å². The van der Waals surface area contributed by atoms with Crippen LogP contribution in [0, 0.1) is 10.1 Å². The van der Waals surface area contributed by atoms with Gasteiger partial charge in [0.05, 0.1) is 34.6 Å². The minimum atomic E-state index is -0.757. The summed E-state index contributed by atoms with van der Waals surface area (Å²) in [5.74, 6) is -1.27. The lowest BCUT2D eigenvalue weighted by molar-refractivity contribution is -0.383. The smallest absolute Gasteiger partial charge is 0.354 e. The van der Waals surface area contributed by atoms with Crippen LogP contribution in [0.2, 0.25) is 10.0 Å². The Labute approximate surface area is 159 Å². The molecule has 0 atom stereocenters. The molecule has 0 aliphatic heterocycles. The standard InChI is InChI=1S/C15H17Cl2N3O6/c1-3-25-14(21)6-5-11(15(22)26-4-2)18-19-12-7-9(16)10(17)8-13(12)20(23)24/h7-8,19H,3-6H2,1-2H3/b18-11+. The molecule has 0 aliphatic rings. The number of nitro groups is 1. The van der Waals surface area contributed by atoms with Crippen molar-refractivity contribution in [1.29, 1.82) is 0 Å². The highest BCUT2D eigenvalue weighted by molar-refractivity contribution is 6.42. The normalized spacial score (nSPS) is 11.0. The molecule has 0 bridgehead atoms. The SMILES string of the molecule is CCOC(=O)CC/C(=N\Nc1cc(Cl)c(Cl)cc1[N+](=O)[O-])C(=O)OCC. The van der Waals surface area contributed by atoms with Crippen molar-refractivity contribution in [1.82, 2.24) is 0 Å². The zero-order valence-electron chi connectivity index (χ0n) is 14.1. The summed E-state index contributed by atoms with van der Waals surface area (Å²) in [6.45, 7) is 3.57. The monoisotopic (exact) mass is 405 g/mol. The number of anilines is 1. The van der Waals surface area contributed by atoms with Crippen LogP contribution in [0.15, 0.2) is 17.2 Å². The molecular formula is C15H17Cl2N3O6. The maximum atomic E-state index is 11.9. The van der Waals surface area contributed by atoms with Crippen molar-refractivity contribution in [2.24, 2.45) is 5.10 Å². The molecule has 11 heteroatoms. The number of carbonyl (C=O) groups is 2. The average Bonchev–Trinajstić information content (AvgIpc) is 2.57. The Morgan fingerprint density at radius 1 is 1.15 bits per heavy atom. The number of nitrogens with zero attached hydrogens (tertiary/aromatic N) is 2. The van der Waals surface area contributed by atoms with Crippen molar-refractivity contribution >= 4 is 52.2 Å².